The first kappa shape index (κ1) is 17.0. The van der Waals surface area contributed by atoms with Crippen LogP contribution in [0.2, 0.25) is 0 Å². The molecule has 1 saturated heterocycles. The molecule has 6 heteroatoms. The predicted molar refractivity (Wildman–Crippen MR) is 86.0 cm³/mol. The number of nitrogens with one attached hydrogen (secondary N) is 1. The number of amides is 1. The molecule has 0 bridgehead atoms. The van der Waals surface area contributed by atoms with E-state index in [1.165, 1.54) is 4.88 Å². The molecule has 1 N–H and O–H groups in total. The van der Waals surface area contributed by atoms with E-state index in [4.69, 9.17) is 0 Å². The summed E-state index contributed by atoms with van der Waals surface area (Å²) in [6, 6.07) is 2.08. The van der Waals surface area contributed by atoms with Crippen molar-refractivity contribution in [3.63, 3.8) is 0 Å². The van der Waals surface area contributed by atoms with Crippen LogP contribution in [0.4, 0.5) is 0 Å². The Kier molecular flexibility index (Phi) is 7.36. The second-order valence-electron chi connectivity index (χ2n) is 4.88. The fourth-order valence-electron chi connectivity index (χ4n) is 2.25. The maximum atomic E-state index is 12.1. The molecule has 0 atom stereocenters. The van der Waals surface area contributed by atoms with E-state index in [9.17, 15) is 4.79 Å². The van der Waals surface area contributed by atoms with Crippen molar-refractivity contribution in [1.82, 2.24) is 10.2 Å². The summed E-state index contributed by atoms with van der Waals surface area (Å²) in [6.45, 7) is 2.83. The first-order chi connectivity index (χ1) is 8.65. The highest BCUT2D eigenvalue weighted by molar-refractivity contribution is 9.10. The van der Waals surface area contributed by atoms with Crippen LogP contribution >= 0.6 is 39.7 Å². The van der Waals surface area contributed by atoms with Gasteiger partial charge in [-0.15, -0.1) is 23.7 Å². The van der Waals surface area contributed by atoms with Gasteiger partial charge in [-0.05, 0) is 53.8 Å². The summed E-state index contributed by atoms with van der Waals surface area (Å²) >= 11 is 5.13. The molecule has 1 amide bonds. The Labute approximate surface area is 133 Å². The van der Waals surface area contributed by atoms with E-state index in [-0.39, 0.29) is 18.3 Å². The number of hydrogen-bond acceptors (Lipinski definition) is 3. The minimum atomic E-state index is 0. The lowest BCUT2D eigenvalue weighted by molar-refractivity contribution is -0.131. The molecule has 2 rings (SSSR count). The van der Waals surface area contributed by atoms with Crippen molar-refractivity contribution in [3.05, 3.63) is 20.8 Å². The van der Waals surface area contributed by atoms with Crippen LogP contribution in [0, 0.1) is 5.92 Å². The van der Waals surface area contributed by atoms with Gasteiger partial charge in [0.15, 0.2) is 0 Å². The zero-order chi connectivity index (χ0) is 13.0. The highest BCUT2D eigenvalue weighted by Crippen LogP contribution is 2.22. The molecular formula is C13H20BrClN2OS. The minimum Gasteiger partial charge on any atom is -0.341 e. The van der Waals surface area contributed by atoms with Gasteiger partial charge in [0, 0.05) is 28.2 Å². The monoisotopic (exact) mass is 366 g/mol. The molecule has 1 fully saturated rings. The van der Waals surface area contributed by atoms with E-state index < -0.39 is 0 Å². The summed E-state index contributed by atoms with van der Waals surface area (Å²) in [7, 11) is 1.90. The number of carbonyl (C=O) groups is 1. The van der Waals surface area contributed by atoms with Gasteiger partial charge >= 0.3 is 0 Å². The highest BCUT2D eigenvalue weighted by atomic mass is 79.9. The number of piperidine rings is 1. The van der Waals surface area contributed by atoms with Gasteiger partial charge in [-0.2, -0.15) is 0 Å². The normalized spacial score (nSPS) is 15.9. The van der Waals surface area contributed by atoms with Crippen molar-refractivity contribution in [2.75, 3.05) is 20.1 Å². The molecule has 1 aliphatic heterocycles. The van der Waals surface area contributed by atoms with E-state index in [1.54, 1.807) is 11.3 Å². The van der Waals surface area contributed by atoms with Crippen LogP contribution in [0.5, 0.6) is 0 Å². The molecule has 0 aliphatic carbocycles. The lowest BCUT2D eigenvalue weighted by Crippen LogP contribution is -2.33. The van der Waals surface area contributed by atoms with Crippen molar-refractivity contribution >= 4 is 45.6 Å². The Morgan fingerprint density at radius 3 is 2.79 bits per heavy atom. The maximum Gasteiger partial charge on any atom is 0.222 e. The van der Waals surface area contributed by atoms with E-state index in [2.05, 4.69) is 32.7 Å². The fraction of sp³-hybridized carbons (Fsp3) is 0.615. The van der Waals surface area contributed by atoms with E-state index in [0.29, 0.717) is 12.3 Å². The summed E-state index contributed by atoms with van der Waals surface area (Å²) in [6.07, 6.45) is 2.96. The molecule has 0 saturated carbocycles. The molecule has 1 aromatic rings. The third-order valence-corrected chi connectivity index (χ3v) is 5.04. The van der Waals surface area contributed by atoms with Gasteiger partial charge in [0.2, 0.25) is 5.91 Å². The number of halogens is 2. The molecule has 1 aliphatic rings. The number of hydrogen-bond donors (Lipinski definition) is 1. The molecular weight excluding hydrogens is 348 g/mol. The molecule has 0 aromatic carbocycles. The molecule has 0 radical (unpaired) electrons. The first-order valence-corrected chi connectivity index (χ1v) is 8.00. The Morgan fingerprint density at radius 1 is 1.53 bits per heavy atom. The average Bonchev–Trinajstić information content (AvgIpc) is 2.76. The molecule has 0 unspecified atom stereocenters. The topological polar surface area (TPSA) is 32.3 Å². The Morgan fingerprint density at radius 2 is 2.21 bits per heavy atom. The van der Waals surface area contributed by atoms with Crippen molar-refractivity contribution in [1.29, 1.82) is 0 Å². The SMILES string of the molecule is CN(Cc1cc(Br)cs1)C(=O)CC1CCNCC1.Cl. The number of rotatable bonds is 4. The van der Waals surface area contributed by atoms with E-state index in [0.717, 1.165) is 36.9 Å². The second kappa shape index (κ2) is 8.25. The zero-order valence-corrected chi connectivity index (χ0v) is 14.2. The molecule has 1 aromatic heterocycles. The van der Waals surface area contributed by atoms with Crippen LogP contribution in [-0.4, -0.2) is 30.9 Å². The largest absolute Gasteiger partial charge is 0.341 e. The van der Waals surface area contributed by atoms with Crippen molar-refractivity contribution < 1.29 is 4.79 Å². The summed E-state index contributed by atoms with van der Waals surface area (Å²) in [5, 5.41) is 5.39. The number of thiophene rings is 1. The summed E-state index contributed by atoms with van der Waals surface area (Å²) in [5.74, 6) is 0.836. The van der Waals surface area contributed by atoms with Crippen LogP contribution in [0.25, 0.3) is 0 Å². The molecule has 3 nitrogen and oxygen atoms in total. The Hall–Kier alpha value is -0.100. The van der Waals surface area contributed by atoms with Gasteiger partial charge in [-0.3, -0.25) is 4.79 Å². The van der Waals surface area contributed by atoms with Gasteiger partial charge < -0.3 is 10.2 Å². The first-order valence-electron chi connectivity index (χ1n) is 6.32. The van der Waals surface area contributed by atoms with Gasteiger partial charge in [0.1, 0.15) is 0 Å². The third-order valence-electron chi connectivity index (χ3n) is 3.36. The van der Waals surface area contributed by atoms with Crippen LogP contribution in [-0.2, 0) is 11.3 Å². The predicted octanol–water partition coefficient (Wildman–Crippen LogP) is 3.28. The van der Waals surface area contributed by atoms with Gasteiger partial charge in [0.05, 0.1) is 6.54 Å². The van der Waals surface area contributed by atoms with Crippen molar-refractivity contribution in [3.8, 4) is 0 Å². The summed E-state index contributed by atoms with van der Waals surface area (Å²) in [5.41, 5.74) is 0. The highest BCUT2D eigenvalue weighted by Gasteiger charge is 2.19. The average molecular weight is 368 g/mol. The quantitative estimate of drug-likeness (QED) is 0.885. The number of carbonyl (C=O) groups excluding carboxylic acids is 1. The van der Waals surface area contributed by atoms with Crippen molar-refractivity contribution in [2.24, 2.45) is 5.92 Å². The maximum absolute atomic E-state index is 12.1. The smallest absolute Gasteiger partial charge is 0.222 e. The Bertz CT molecular complexity index is 407. The van der Waals surface area contributed by atoms with Crippen LogP contribution in [0.15, 0.2) is 15.9 Å². The van der Waals surface area contributed by atoms with Gasteiger partial charge in [-0.1, -0.05) is 0 Å². The standard InChI is InChI=1S/C13H19BrN2OS.ClH/c1-16(8-12-7-11(14)9-18-12)13(17)6-10-2-4-15-5-3-10;/h7,9-10,15H,2-6,8H2,1H3;1H. The minimum absolute atomic E-state index is 0. The van der Waals surface area contributed by atoms with Crippen LogP contribution in [0.1, 0.15) is 24.1 Å². The molecule has 19 heavy (non-hydrogen) atoms. The fourth-order valence-corrected chi connectivity index (χ4v) is 3.75. The molecule has 2 heterocycles. The van der Waals surface area contributed by atoms with Gasteiger partial charge in [-0.25, -0.2) is 0 Å². The van der Waals surface area contributed by atoms with Crippen molar-refractivity contribution in [2.45, 2.75) is 25.8 Å². The van der Waals surface area contributed by atoms with E-state index in [1.807, 2.05) is 11.9 Å². The second-order valence-corrected chi connectivity index (χ2v) is 6.79. The van der Waals surface area contributed by atoms with E-state index >= 15 is 0 Å². The lowest BCUT2D eigenvalue weighted by atomic mass is 9.94. The molecule has 0 spiro atoms. The zero-order valence-electron chi connectivity index (χ0n) is 11.0. The molecule has 108 valence electrons. The number of nitrogens with zero attached hydrogens (tertiary/aromatic N) is 1. The van der Waals surface area contributed by atoms with Crippen LogP contribution < -0.4 is 5.32 Å². The summed E-state index contributed by atoms with van der Waals surface area (Å²) in [4.78, 5) is 15.2. The van der Waals surface area contributed by atoms with Gasteiger partial charge in [0.25, 0.3) is 0 Å². The summed E-state index contributed by atoms with van der Waals surface area (Å²) < 4.78 is 1.10. The third kappa shape index (κ3) is 5.42. The Balaban J connectivity index is 0.00000180. The lowest BCUT2D eigenvalue weighted by Gasteiger charge is -2.24. The van der Waals surface area contributed by atoms with Crippen LogP contribution in [0.3, 0.4) is 0 Å².